The van der Waals surface area contributed by atoms with Crippen LogP contribution >= 0.6 is 0 Å². The van der Waals surface area contributed by atoms with E-state index in [-0.39, 0.29) is 34.7 Å². The second-order valence-electron chi connectivity index (χ2n) is 8.21. The summed E-state index contributed by atoms with van der Waals surface area (Å²) in [4.78, 5) is 32.1. The molecule has 2 aromatic heterocycles. The summed E-state index contributed by atoms with van der Waals surface area (Å²) in [5.74, 6) is -1.41. The molecule has 5 rings (SSSR count). The number of nitrogens with one attached hydrogen (secondary N) is 2. The van der Waals surface area contributed by atoms with Crippen molar-refractivity contribution >= 4 is 16.8 Å². The van der Waals surface area contributed by atoms with E-state index < -0.39 is 17.7 Å². The van der Waals surface area contributed by atoms with Gasteiger partial charge in [0.15, 0.2) is 11.6 Å². The van der Waals surface area contributed by atoms with Crippen molar-refractivity contribution in [3.63, 3.8) is 0 Å². The Bertz CT molecular complexity index is 1330. The number of carbonyl (C=O) groups excluding carboxylic acids is 1. The number of hydrogen-bond donors (Lipinski definition) is 2. The molecule has 2 atom stereocenters. The average molecular weight is 456 g/mol. The summed E-state index contributed by atoms with van der Waals surface area (Å²) in [6.07, 6.45) is 0.202. The number of pyridine rings is 2. The minimum atomic E-state index is -0.860. The van der Waals surface area contributed by atoms with Gasteiger partial charge in [0.2, 0.25) is 0 Å². The van der Waals surface area contributed by atoms with Crippen LogP contribution in [0.1, 0.15) is 28.5 Å². The van der Waals surface area contributed by atoms with Crippen molar-refractivity contribution in [2.75, 3.05) is 20.2 Å². The molecule has 33 heavy (non-hydrogen) atoms. The fourth-order valence-electron chi connectivity index (χ4n) is 4.29. The van der Waals surface area contributed by atoms with E-state index in [4.69, 9.17) is 9.47 Å². The first-order valence-corrected chi connectivity index (χ1v) is 10.7. The number of aromatic nitrogens is 2. The van der Waals surface area contributed by atoms with E-state index in [1.165, 1.54) is 19.2 Å². The largest absolute Gasteiger partial charge is 0.492 e. The van der Waals surface area contributed by atoms with Crippen molar-refractivity contribution in [3.8, 4) is 11.5 Å². The quantitative estimate of drug-likeness (QED) is 0.572. The summed E-state index contributed by atoms with van der Waals surface area (Å²) in [6.45, 7) is 3.08. The molecule has 2 aliphatic rings. The number of carbonyl (C=O) groups is 1. The van der Waals surface area contributed by atoms with Gasteiger partial charge in [0.05, 0.1) is 17.7 Å². The number of rotatable bonds is 5. The molecule has 1 amide bonds. The van der Waals surface area contributed by atoms with E-state index in [0.29, 0.717) is 48.4 Å². The van der Waals surface area contributed by atoms with Gasteiger partial charge in [0, 0.05) is 43.5 Å². The highest BCUT2D eigenvalue weighted by Gasteiger charge is 2.38. The lowest BCUT2D eigenvalue weighted by Gasteiger charge is -2.45. The van der Waals surface area contributed by atoms with Gasteiger partial charge in [-0.25, -0.2) is 9.37 Å². The van der Waals surface area contributed by atoms with Gasteiger partial charge in [-0.1, -0.05) is 6.07 Å². The van der Waals surface area contributed by atoms with Crippen molar-refractivity contribution in [1.82, 2.24) is 20.2 Å². The standard InChI is InChI=1S/C23H22F2N4O4/c1-11-17(33-16-6-5-15(23(31)26-2)27-21(16)25)10-29(11)9-12-3-4-13-19(18(12)24)28-22(30)14-7-8-32-20(13)14/h3-6,11,17H,7-10H2,1-2H3,(H,26,31)(H,28,30). The van der Waals surface area contributed by atoms with Gasteiger partial charge >= 0.3 is 0 Å². The van der Waals surface area contributed by atoms with Crippen LogP contribution in [-0.2, 0) is 13.0 Å². The molecule has 4 heterocycles. The molecule has 10 heteroatoms. The molecule has 1 aromatic carbocycles. The van der Waals surface area contributed by atoms with Crippen LogP contribution in [0.15, 0.2) is 29.1 Å². The Morgan fingerprint density at radius 1 is 1.33 bits per heavy atom. The highest BCUT2D eigenvalue weighted by molar-refractivity contribution is 5.92. The molecule has 2 N–H and O–H groups in total. The Hall–Kier alpha value is -3.53. The van der Waals surface area contributed by atoms with Crippen molar-refractivity contribution in [2.24, 2.45) is 0 Å². The van der Waals surface area contributed by atoms with Gasteiger partial charge in [-0.2, -0.15) is 4.39 Å². The summed E-state index contributed by atoms with van der Waals surface area (Å²) in [6, 6.07) is 6.12. The molecule has 2 aliphatic heterocycles. The number of aromatic amines is 1. The molecule has 0 spiro atoms. The lowest BCUT2D eigenvalue weighted by atomic mass is 9.98. The Kier molecular flexibility index (Phi) is 5.24. The van der Waals surface area contributed by atoms with Gasteiger partial charge in [-0.3, -0.25) is 14.5 Å². The first kappa shape index (κ1) is 21.3. The fraction of sp³-hybridized carbons (Fsp3) is 0.348. The topological polar surface area (TPSA) is 96.6 Å². The lowest BCUT2D eigenvalue weighted by Crippen LogP contribution is -2.60. The third kappa shape index (κ3) is 3.60. The Labute approximate surface area is 187 Å². The second kappa shape index (κ2) is 8.11. The predicted octanol–water partition coefficient (Wildman–Crippen LogP) is 2.15. The number of fused-ring (bicyclic) bond motifs is 3. The van der Waals surface area contributed by atoms with Crippen molar-refractivity contribution in [3.05, 3.63) is 63.2 Å². The van der Waals surface area contributed by atoms with Gasteiger partial charge in [-0.15, -0.1) is 0 Å². The molecular weight excluding hydrogens is 434 g/mol. The van der Waals surface area contributed by atoms with Crippen LogP contribution < -0.4 is 20.3 Å². The normalized spacial score (nSPS) is 19.6. The smallest absolute Gasteiger partial charge is 0.269 e. The highest BCUT2D eigenvalue weighted by atomic mass is 19.1. The SMILES string of the molecule is CNC(=O)c1ccc(OC2CN(Cc3ccc4c5c(c(=O)[nH]c4c3F)CCO5)C2C)c(F)n1. The van der Waals surface area contributed by atoms with Gasteiger partial charge in [0.25, 0.3) is 17.4 Å². The Morgan fingerprint density at radius 3 is 2.88 bits per heavy atom. The molecule has 0 bridgehead atoms. The van der Waals surface area contributed by atoms with Crippen LogP contribution in [0.2, 0.25) is 0 Å². The lowest BCUT2D eigenvalue weighted by molar-refractivity contribution is -0.0437. The zero-order valence-electron chi connectivity index (χ0n) is 18.1. The highest BCUT2D eigenvalue weighted by Crippen LogP contribution is 2.34. The van der Waals surface area contributed by atoms with Gasteiger partial charge in [-0.05, 0) is 25.1 Å². The molecular formula is C23H22F2N4O4. The first-order valence-electron chi connectivity index (χ1n) is 10.7. The summed E-state index contributed by atoms with van der Waals surface area (Å²) in [5.41, 5.74) is 0.769. The second-order valence-corrected chi connectivity index (χ2v) is 8.21. The summed E-state index contributed by atoms with van der Waals surface area (Å²) < 4.78 is 40.8. The zero-order valence-corrected chi connectivity index (χ0v) is 18.1. The molecule has 0 radical (unpaired) electrons. The van der Waals surface area contributed by atoms with E-state index in [2.05, 4.69) is 15.3 Å². The number of halogens is 2. The Morgan fingerprint density at radius 2 is 2.15 bits per heavy atom. The molecule has 172 valence electrons. The molecule has 1 fully saturated rings. The molecule has 0 aliphatic carbocycles. The van der Waals surface area contributed by atoms with Crippen LogP contribution in [0.5, 0.6) is 11.5 Å². The van der Waals surface area contributed by atoms with Crippen LogP contribution in [0.25, 0.3) is 10.9 Å². The van der Waals surface area contributed by atoms with Crippen LogP contribution in [0.3, 0.4) is 0 Å². The molecule has 2 unspecified atom stereocenters. The van der Waals surface area contributed by atoms with E-state index in [1.54, 1.807) is 12.1 Å². The van der Waals surface area contributed by atoms with E-state index in [1.807, 2.05) is 11.8 Å². The number of ether oxygens (including phenoxy) is 2. The van der Waals surface area contributed by atoms with Gasteiger partial charge in [0.1, 0.15) is 17.5 Å². The summed E-state index contributed by atoms with van der Waals surface area (Å²) in [5, 5.41) is 2.94. The van der Waals surface area contributed by atoms with E-state index in [0.717, 1.165) is 0 Å². The predicted molar refractivity (Wildman–Crippen MR) is 116 cm³/mol. The molecule has 8 nitrogen and oxygen atoms in total. The average Bonchev–Trinajstić information content (AvgIpc) is 3.31. The first-order chi connectivity index (χ1) is 15.9. The maximum atomic E-state index is 15.2. The summed E-state index contributed by atoms with van der Waals surface area (Å²) >= 11 is 0. The summed E-state index contributed by atoms with van der Waals surface area (Å²) in [7, 11) is 1.44. The molecule has 1 saturated heterocycles. The number of amides is 1. The molecule has 3 aromatic rings. The number of H-pyrrole nitrogens is 1. The minimum absolute atomic E-state index is 0.0356. The zero-order chi connectivity index (χ0) is 23.3. The van der Waals surface area contributed by atoms with E-state index in [9.17, 15) is 14.0 Å². The Balaban J connectivity index is 1.29. The van der Waals surface area contributed by atoms with Crippen molar-refractivity contribution in [1.29, 1.82) is 0 Å². The van der Waals surface area contributed by atoms with Crippen LogP contribution in [-0.4, -0.2) is 53.1 Å². The number of benzene rings is 1. The number of hydrogen-bond acceptors (Lipinski definition) is 6. The van der Waals surface area contributed by atoms with Gasteiger partial charge < -0.3 is 19.8 Å². The fourth-order valence-corrected chi connectivity index (χ4v) is 4.29. The van der Waals surface area contributed by atoms with Crippen molar-refractivity contribution in [2.45, 2.75) is 32.0 Å². The van der Waals surface area contributed by atoms with Crippen LogP contribution in [0.4, 0.5) is 8.78 Å². The monoisotopic (exact) mass is 456 g/mol. The van der Waals surface area contributed by atoms with E-state index >= 15 is 4.39 Å². The van der Waals surface area contributed by atoms with Crippen LogP contribution in [0, 0.1) is 11.8 Å². The number of nitrogens with zero attached hydrogens (tertiary/aromatic N) is 2. The third-order valence-electron chi connectivity index (χ3n) is 6.31. The minimum Gasteiger partial charge on any atom is -0.492 e. The maximum Gasteiger partial charge on any atom is 0.269 e. The maximum absolute atomic E-state index is 15.2. The number of likely N-dealkylation sites (tertiary alicyclic amines) is 1. The molecule has 0 saturated carbocycles. The van der Waals surface area contributed by atoms with Crippen molar-refractivity contribution < 1.29 is 23.0 Å². The third-order valence-corrected chi connectivity index (χ3v) is 6.31.